The SMILES string of the molecule is [2H]c1nc(-c2cc3ccccc3[se]2)c2c(F)c3ccccc3c(C(F)(F)F)c2n1. The van der Waals surface area contributed by atoms with Crippen LogP contribution in [0, 0.1) is 5.82 Å². The Kier molecular flexibility index (Phi) is 3.55. The van der Waals surface area contributed by atoms with E-state index in [1.165, 1.54) is 24.3 Å². The van der Waals surface area contributed by atoms with Crippen LogP contribution in [-0.4, -0.2) is 24.5 Å². The van der Waals surface area contributed by atoms with E-state index in [1.807, 2.05) is 24.3 Å². The van der Waals surface area contributed by atoms with Gasteiger partial charge in [-0.25, -0.2) is 0 Å². The Bertz CT molecular complexity index is 1390. The maximum absolute atomic E-state index is 15.5. The Balaban J connectivity index is 2.00. The maximum atomic E-state index is 15.5. The molecule has 0 aliphatic heterocycles. The topological polar surface area (TPSA) is 25.8 Å². The van der Waals surface area contributed by atoms with Crippen molar-refractivity contribution in [1.29, 1.82) is 0 Å². The average molecular weight is 446 g/mol. The molecule has 2 nitrogen and oxygen atoms in total. The van der Waals surface area contributed by atoms with Gasteiger partial charge in [0.1, 0.15) is 0 Å². The molecule has 0 amide bonds. The molecule has 5 rings (SSSR count). The Labute approximate surface area is 163 Å². The number of halogens is 4. The molecule has 7 heteroatoms. The Morgan fingerprint density at radius 2 is 1.64 bits per heavy atom. The van der Waals surface area contributed by atoms with Crippen LogP contribution in [-0.2, 0) is 6.18 Å². The first-order valence-electron chi connectivity index (χ1n) is 8.79. The van der Waals surface area contributed by atoms with Crippen molar-refractivity contribution in [3.63, 3.8) is 0 Å². The first kappa shape index (κ1) is 16.2. The fourth-order valence-corrected chi connectivity index (χ4v) is 5.68. The van der Waals surface area contributed by atoms with Gasteiger partial charge in [-0.3, -0.25) is 0 Å². The minimum atomic E-state index is -4.76. The van der Waals surface area contributed by atoms with Gasteiger partial charge in [-0.2, -0.15) is 0 Å². The fourth-order valence-electron chi connectivity index (χ4n) is 3.46. The molecule has 0 unspecified atom stereocenters. The zero-order valence-electron chi connectivity index (χ0n) is 15.0. The molecule has 0 aliphatic carbocycles. The van der Waals surface area contributed by atoms with Crippen LogP contribution in [0.1, 0.15) is 6.93 Å². The van der Waals surface area contributed by atoms with Crippen LogP contribution < -0.4 is 0 Å². The molecular weight excluding hydrogens is 435 g/mol. The van der Waals surface area contributed by atoms with Gasteiger partial charge in [-0.1, -0.05) is 0 Å². The molecule has 2 heterocycles. The molecule has 2 aromatic heterocycles. The molecule has 0 saturated carbocycles. The molecule has 0 fully saturated rings. The average Bonchev–Trinajstić information content (AvgIpc) is 3.10. The van der Waals surface area contributed by atoms with Gasteiger partial charge in [0, 0.05) is 0 Å². The second-order valence-corrected chi connectivity index (χ2v) is 8.55. The molecule has 0 aliphatic rings. The van der Waals surface area contributed by atoms with Crippen LogP contribution in [0.3, 0.4) is 0 Å². The zero-order valence-corrected chi connectivity index (χ0v) is 15.7. The van der Waals surface area contributed by atoms with Gasteiger partial charge >= 0.3 is 163 Å². The van der Waals surface area contributed by atoms with Crippen molar-refractivity contribution in [3.8, 4) is 10.1 Å². The van der Waals surface area contributed by atoms with E-state index in [-0.39, 0.29) is 36.4 Å². The Morgan fingerprint density at radius 3 is 2.39 bits per heavy atom. The van der Waals surface area contributed by atoms with E-state index < -0.39 is 29.4 Å². The number of fused-ring (bicyclic) bond motifs is 3. The summed E-state index contributed by atoms with van der Waals surface area (Å²) in [7, 11) is 0. The van der Waals surface area contributed by atoms with Gasteiger partial charge in [-0.15, -0.1) is 0 Å². The first-order chi connectivity index (χ1) is 13.8. The van der Waals surface area contributed by atoms with E-state index in [2.05, 4.69) is 9.97 Å². The van der Waals surface area contributed by atoms with Gasteiger partial charge in [0.15, 0.2) is 0 Å². The zero-order chi connectivity index (χ0) is 20.3. The fraction of sp³-hybridized carbons (Fsp3) is 0.0476. The van der Waals surface area contributed by atoms with Gasteiger partial charge in [0.2, 0.25) is 0 Å². The van der Waals surface area contributed by atoms with E-state index >= 15 is 4.39 Å². The van der Waals surface area contributed by atoms with Gasteiger partial charge in [-0.05, 0) is 0 Å². The number of aromatic nitrogens is 2. The summed E-state index contributed by atoms with van der Waals surface area (Å²) >= 11 is -0.263. The van der Waals surface area contributed by atoms with Crippen molar-refractivity contribution >= 4 is 45.8 Å². The molecule has 0 spiro atoms. The van der Waals surface area contributed by atoms with Crippen LogP contribution >= 0.6 is 0 Å². The van der Waals surface area contributed by atoms with Crippen molar-refractivity contribution in [3.05, 3.63) is 72.3 Å². The van der Waals surface area contributed by atoms with Gasteiger partial charge in [0.25, 0.3) is 0 Å². The molecule has 3 aromatic carbocycles. The summed E-state index contributed by atoms with van der Waals surface area (Å²) < 4.78 is 67.0. The van der Waals surface area contributed by atoms with Crippen molar-refractivity contribution in [2.45, 2.75) is 6.18 Å². The van der Waals surface area contributed by atoms with E-state index in [0.29, 0.717) is 4.44 Å². The number of rotatable bonds is 1. The summed E-state index contributed by atoms with van der Waals surface area (Å²) in [6, 6.07) is 14.8. The monoisotopic (exact) mass is 447 g/mol. The summed E-state index contributed by atoms with van der Waals surface area (Å²) in [5, 5.41) is 0.229. The third-order valence-corrected chi connectivity index (χ3v) is 6.98. The normalized spacial score (nSPS) is 12.8. The summed E-state index contributed by atoms with van der Waals surface area (Å²) in [4.78, 5) is 7.76. The van der Waals surface area contributed by atoms with Gasteiger partial charge in [0.05, 0.1) is 0 Å². The molecule has 0 saturated heterocycles. The molecular formula is C21H10F4N2Se. The molecule has 5 aromatic rings. The van der Waals surface area contributed by atoms with Crippen LogP contribution in [0.4, 0.5) is 17.6 Å². The van der Waals surface area contributed by atoms with Crippen molar-refractivity contribution in [1.82, 2.24) is 9.97 Å². The van der Waals surface area contributed by atoms with Crippen LogP contribution in [0.5, 0.6) is 0 Å². The molecule has 0 radical (unpaired) electrons. The predicted molar refractivity (Wildman–Crippen MR) is 102 cm³/mol. The number of hydrogen-bond donors (Lipinski definition) is 0. The number of alkyl halides is 3. The van der Waals surface area contributed by atoms with Crippen LogP contribution in [0.25, 0.3) is 41.5 Å². The molecule has 138 valence electrons. The number of nitrogens with zero attached hydrogens (tertiary/aromatic N) is 2. The number of hydrogen-bond acceptors (Lipinski definition) is 2. The summed E-state index contributed by atoms with van der Waals surface area (Å²) in [5.74, 6) is -0.800. The standard InChI is InChI=1S/C21H10F4N2Se/c22-18-13-7-3-2-6-12(13)17(21(23,24)25)20-16(18)19(26-10-27-20)15-9-11-5-1-4-8-14(11)28-15/h1-10H/i10D. The molecule has 0 bridgehead atoms. The van der Waals surface area contributed by atoms with E-state index in [1.54, 1.807) is 6.07 Å². The number of benzene rings is 3. The molecule has 0 atom stereocenters. The van der Waals surface area contributed by atoms with E-state index in [9.17, 15) is 13.2 Å². The second kappa shape index (κ2) is 6.12. The minimum absolute atomic E-state index is 0.0601. The first-order valence-corrected chi connectivity index (χ1v) is 10.0. The summed E-state index contributed by atoms with van der Waals surface area (Å²) in [5.41, 5.74) is -1.55. The van der Waals surface area contributed by atoms with Gasteiger partial charge < -0.3 is 0 Å². The Hall–Kier alpha value is -2.76. The predicted octanol–water partition coefficient (Wildman–Crippen LogP) is 5.82. The van der Waals surface area contributed by atoms with Crippen LogP contribution in [0.2, 0.25) is 0 Å². The van der Waals surface area contributed by atoms with Crippen LogP contribution in [0.15, 0.2) is 60.9 Å². The quantitative estimate of drug-likeness (QED) is 0.184. The van der Waals surface area contributed by atoms with Crippen molar-refractivity contribution in [2.75, 3.05) is 0 Å². The molecule has 0 N–H and O–H groups in total. The van der Waals surface area contributed by atoms with E-state index in [0.717, 1.165) is 9.65 Å². The second-order valence-electron chi connectivity index (χ2n) is 6.28. The summed E-state index contributed by atoms with van der Waals surface area (Å²) in [6.45, 7) is 0. The summed E-state index contributed by atoms with van der Waals surface area (Å²) in [6.07, 6.45) is -5.33. The van der Waals surface area contributed by atoms with Crippen molar-refractivity contribution < 1.29 is 18.9 Å². The van der Waals surface area contributed by atoms with E-state index in [4.69, 9.17) is 1.37 Å². The Morgan fingerprint density at radius 1 is 0.929 bits per heavy atom. The third kappa shape index (κ3) is 2.54. The third-order valence-electron chi connectivity index (χ3n) is 4.63. The molecule has 28 heavy (non-hydrogen) atoms. The van der Waals surface area contributed by atoms with Crippen molar-refractivity contribution in [2.24, 2.45) is 0 Å².